The van der Waals surface area contributed by atoms with Gasteiger partial charge in [-0.1, -0.05) is 22.6 Å². The molecule has 1 aliphatic heterocycles. The first-order chi connectivity index (χ1) is 3.27. The minimum absolute atomic E-state index is 0.251. The van der Waals surface area contributed by atoms with Gasteiger partial charge < -0.3 is 4.74 Å². The van der Waals surface area contributed by atoms with Gasteiger partial charge in [-0.25, -0.2) is 0 Å². The molecule has 7 heavy (non-hydrogen) atoms. The number of hydrogen-bond acceptors (Lipinski definition) is 1. The minimum Gasteiger partial charge on any atom is -0.374 e. The minimum atomic E-state index is 0.251. The SMILES string of the molecule is CC1(CI)CCO1. The van der Waals surface area contributed by atoms with Crippen LogP contribution in [0, 0.1) is 0 Å². The molecule has 0 amide bonds. The van der Waals surface area contributed by atoms with E-state index in [1.807, 2.05) is 0 Å². The third kappa shape index (κ3) is 1.08. The lowest BCUT2D eigenvalue weighted by atomic mass is 10.0. The van der Waals surface area contributed by atoms with Crippen LogP contribution in [0.5, 0.6) is 0 Å². The molecule has 0 aromatic carbocycles. The standard InChI is InChI=1S/C5H9IO/c1-5(4-6)2-3-7-5/h2-4H2,1H3. The molecule has 0 aromatic heterocycles. The van der Waals surface area contributed by atoms with Crippen LogP contribution in [-0.4, -0.2) is 16.6 Å². The van der Waals surface area contributed by atoms with Crippen molar-refractivity contribution in [2.24, 2.45) is 0 Å². The summed E-state index contributed by atoms with van der Waals surface area (Å²) in [6, 6.07) is 0. The summed E-state index contributed by atoms with van der Waals surface area (Å²) in [5, 5.41) is 0. The number of halogens is 1. The molecule has 1 saturated heterocycles. The van der Waals surface area contributed by atoms with Gasteiger partial charge >= 0.3 is 0 Å². The molecule has 1 aliphatic rings. The van der Waals surface area contributed by atoms with Crippen molar-refractivity contribution < 1.29 is 4.74 Å². The number of ether oxygens (including phenoxy) is 1. The third-order valence-electron chi connectivity index (χ3n) is 1.36. The highest BCUT2D eigenvalue weighted by Crippen LogP contribution is 2.27. The van der Waals surface area contributed by atoms with Gasteiger partial charge in [0.2, 0.25) is 0 Å². The summed E-state index contributed by atoms with van der Waals surface area (Å²) in [5.41, 5.74) is 0.251. The third-order valence-corrected chi connectivity index (χ3v) is 2.98. The quantitative estimate of drug-likeness (QED) is 0.473. The summed E-state index contributed by atoms with van der Waals surface area (Å²) < 4.78 is 6.39. The molecule has 1 unspecified atom stereocenters. The van der Waals surface area contributed by atoms with Crippen molar-refractivity contribution in [2.45, 2.75) is 18.9 Å². The zero-order valence-corrected chi connectivity index (χ0v) is 6.57. The van der Waals surface area contributed by atoms with Gasteiger partial charge in [-0.15, -0.1) is 0 Å². The monoisotopic (exact) mass is 212 g/mol. The molecular formula is C5H9IO. The van der Waals surface area contributed by atoms with Crippen LogP contribution in [0.3, 0.4) is 0 Å². The van der Waals surface area contributed by atoms with E-state index >= 15 is 0 Å². The molecular weight excluding hydrogens is 203 g/mol. The normalized spacial score (nSPS) is 40.3. The number of alkyl halides is 1. The number of rotatable bonds is 1. The van der Waals surface area contributed by atoms with E-state index in [9.17, 15) is 0 Å². The number of hydrogen-bond donors (Lipinski definition) is 0. The Morgan fingerprint density at radius 1 is 1.86 bits per heavy atom. The van der Waals surface area contributed by atoms with Gasteiger partial charge in [-0.3, -0.25) is 0 Å². The predicted octanol–water partition coefficient (Wildman–Crippen LogP) is 1.60. The van der Waals surface area contributed by atoms with Gasteiger partial charge in [0.05, 0.1) is 12.2 Å². The van der Waals surface area contributed by atoms with E-state index in [0.29, 0.717) is 0 Å². The molecule has 42 valence electrons. The summed E-state index contributed by atoms with van der Waals surface area (Å²) in [5.74, 6) is 0. The van der Waals surface area contributed by atoms with E-state index in [2.05, 4.69) is 29.5 Å². The van der Waals surface area contributed by atoms with Crippen LogP contribution in [-0.2, 0) is 4.74 Å². The molecule has 0 bridgehead atoms. The fraction of sp³-hybridized carbons (Fsp3) is 1.00. The molecule has 0 saturated carbocycles. The summed E-state index contributed by atoms with van der Waals surface area (Å²) in [4.78, 5) is 0. The molecule has 0 radical (unpaired) electrons. The first kappa shape index (κ1) is 5.82. The molecule has 0 aliphatic carbocycles. The second-order valence-electron chi connectivity index (χ2n) is 2.18. The van der Waals surface area contributed by atoms with Gasteiger partial charge in [0.25, 0.3) is 0 Å². The highest BCUT2D eigenvalue weighted by atomic mass is 127. The summed E-state index contributed by atoms with van der Waals surface area (Å²) >= 11 is 2.36. The summed E-state index contributed by atoms with van der Waals surface area (Å²) in [6.45, 7) is 3.13. The Morgan fingerprint density at radius 2 is 2.43 bits per heavy atom. The highest BCUT2D eigenvalue weighted by molar-refractivity contribution is 14.1. The van der Waals surface area contributed by atoms with Gasteiger partial charge in [0, 0.05) is 10.8 Å². The summed E-state index contributed by atoms with van der Waals surface area (Å²) in [6.07, 6.45) is 1.25. The molecule has 2 heteroatoms. The van der Waals surface area contributed by atoms with Crippen molar-refractivity contribution in [3.63, 3.8) is 0 Å². The molecule has 1 rings (SSSR count). The van der Waals surface area contributed by atoms with Crippen LogP contribution in [0.25, 0.3) is 0 Å². The van der Waals surface area contributed by atoms with Gasteiger partial charge in [0.15, 0.2) is 0 Å². The van der Waals surface area contributed by atoms with Crippen LogP contribution in [0.15, 0.2) is 0 Å². The van der Waals surface area contributed by atoms with Crippen LogP contribution < -0.4 is 0 Å². The second-order valence-corrected chi connectivity index (χ2v) is 2.94. The Kier molecular flexibility index (Phi) is 1.58. The average Bonchev–Trinajstić information content (AvgIpc) is 1.61. The molecule has 0 aromatic rings. The Labute approximate surface area is 57.6 Å². The van der Waals surface area contributed by atoms with E-state index in [1.165, 1.54) is 6.42 Å². The van der Waals surface area contributed by atoms with Crippen LogP contribution in [0.4, 0.5) is 0 Å². The maximum atomic E-state index is 5.26. The molecule has 1 heterocycles. The topological polar surface area (TPSA) is 9.23 Å². The highest BCUT2D eigenvalue weighted by Gasteiger charge is 2.31. The van der Waals surface area contributed by atoms with E-state index in [4.69, 9.17) is 4.74 Å². The smallest absolute Gasteiger partial charge is 0.0765 e. The van der Waals surface area contributed by atoms with Crippen LogP contribution in [0.1, 0.15) is 13.3 Å². The zero-order valence-electron chi connectivity index (χ0n) is 4.41. The molecule has 0 spiro atoms. The molecule has 1 atom stereocenters. The maximum Gasteiger partial charge on any atom is 0.0765 e. The lowest BCUT2D eigenvalue weighted by molar-refractivity contribution is -0.114. The Balaban J connectivity index is 2.29. The lowest BCUT2D eigenvalue weighted by Crippen LogP contribution is -2.41. The predicted molar refractivity (Wildman–Crippen MR) is 37.9 cm³/mol. The van der Waals surface area contributed by atoms with E-state index in [-0.39, 0.29) is 5.60 Å². The fourth-order valence-electron chi connectivity index (χ4n) is 0.556. The molecule has 1 nitrogen and oxygen atoms in total. The van der Waals surface area contributed by atoms with E-state index in [1.54, 1.807) is 0 Å². The van der Waals surface area contributed by atoms with Gasteiger partial charge in [-0.2, -0.15) is 0 Å². The first-order valence-corrected chi connectivity index (χ1v) is 3.99. The van der Waals surface area contributed by atoms with Crippen molar-refractivity contribution in [3.8, 4) is 0 Å². The Hall–Kier alpha value is 0.690. The van der Waals surface area contributed by atoms with Crippen molar-refractivity contribution in [3.05, 3.63) is 0 Å². The second kappa shape index (κ2) is 1.90. The van der Waals surface area contributed by atoms with Crippen LogP contribution >= 0.6 is 22.6 Å². The fourth-order valence-corrected chi connectivity index (χ4v) is 1.16. The van der Waals surface area contributed by atoms with Gasteiger partial charge in [-0.05, 0) is 6.92 Å². The van der Waals surface area contributed by atoms with Gasteiger partial charge in [0.1, 0.15) is 0 Å². The largest absolute Gasteiger partial charge is 0.374 e. The van der Waals surface area contributed by atoms with Crippen molar-refractivity contribution >= 4 is 22.6 Å². The molecule has 0 N–H and O–H groups in total. The lowest BCUT2D eigenvalue weighted by Gasteiger charge is -2.36. The van der Waals surface area contributed by atoms with Crippen molar-refractivity contribution in [1.82, 2.24) is 0 Å². The Morgan fingerprint density at radius 3 is 2.43 bits per heavy atom. The molecule has 1 fully saturated rings. The van der Waals surface area contributed by atoms with Crippen molar-refractivity contribution in [1.29, 1.82) is 0 Å². The Bertz CT molecular complexity index is 63.0. The van der Waals surface area contributed by atoms with Crippen LogP contribution in [0.2, 0.25) is 0 Å². The average molecular weight is 212 g/mol. The van der Waals surface area contributed by atoms with E-state index < -0.39 is 0 Å². The zero-order chi connectivity index (χ0) is 5.33. The maximum absolute atomic E-state index is 5.26. The first-order valence-electron chi connectivity index (χ1n) is 2.47. The van der Waals surface area contributed by atoms with Crippen molar-refractivity contribution in [2.75, 3.05) is 11.0 Å². The summed E-state index contributed by atoms with van der Waals surface area (Å²) in [7, 11) is 0. The van der Waals surface area contributed by atoms with E-state index in [0.717, 1.165) is 11.0 Å².